The summed E-state index contributed by atoms with van der Waals surface area (Å²) in [6, 6.07) is 6.23. The van der Waals surface area contributed by atoms with Crippen LogP contribution in [0.4, 0.5) is 8.78 Å². The molecule has 10 heteroatoms. The lowest BCUT2D eigenvalue weighted by atomic mass is 10.0. The van der Waals surface area contributed by atoms with Crippen molar-refractivity contribution in [2.45, 2.75) is 53.6 Å². The Labute approximate surface area is 213 Å². The van der Waals surface area contributed by atoms with Crippen LogP contribution >= 0.6 is 0 Å². The van der Waals surface area contributed by atoms with Crippen LogP contribution < -0.4 is 5.32 Å². The van der Waals surface area contributed by atoms with Crippen LogP contribution in [-0.4, -0.2) is 33.0 Å². The summed E-state index contributed by atoms with van der Waals surface area (Å²) in [6.07, 6.45) is 2.96. The minimum Gasteiger partial charge on any atom is -0.461 e. The lowest BCUT2D eigenvalue weighted by molar-refractivity contribution is 0.0519. The Morgan fingerprint density at radius 2 is 1.84 bits per heavy atom. The van der Waals surface area contributed by atoms with Crippen LogP contribution in [0.5, 0.6) is 0 Å². The zero-order valence-electron chi connectivity index (χ0n) is 21.5. The summed E-state index contributed by atoms with van der Waals surface area (Å²) in [5, 5.41) is 3.25. The van der Waals surface area contributed by atoms with E-state index >= 15 is 0 Å². The van der Waals surface area contributed by atoms with E-state index in [9.17, 15) is 18.4 Å². The highest BCUT2D eigenvalue weighted by Crippen LogP contribution is 2.31. The number of rotatable bonds is 8. The first-order chi connectivity index (χ1) is 17.8. The van der Waals surface area contributed by atoms with Gasteiger partial charge in [0, 0.05) is 23.7 Å². The molecular formula is C27H30F2N4O4. The van der Waals surface area contributed by atoms with E-state index in [1.807, 2.05) is 27.7 Å². The average Bonchev–Trinajstić information content (AvgIpc) is 3.49. The molecule has 0 aliphatic rings. The third-order valence-electron chi connectivity index (χ3n) is 5.36. The van der Waals surface area contributed by atoms with Crippen LogP contribution in [0.3, 0.4) is 0 Å². The molecule has 196 valence electrons. The number of pyridine rings is 1. The van der Waals surface area contributed by atoms with Gasteiger partial charge in [-0.25, -0.2) is 23.5 Å². The summed E-state index contributed by atoms with van der Waals surface area (Å²) in [4.78, 5) is 34.4. The summed E-state index contributed by atoms with van der Waals surface area (Å²) in [6.45, 7) is 9.84. The fourth-order valence-corrected chi connectivity index (χ4v) is 4.00. The normalized spacial score (nSPS) is 10.8. The molecule has 3 heterocycles. The number of benzene rings is 1. The van der Waals surface area contributed by atoms with Gasteiger partial charge >= 0.3 is 5.97 Å². The number of hydrogen-bond donors (Lipinski definition) is 1. The second-order valence-corrected chi connectivity index (χ2v) is 8.18. The molecule has 0 aliphatic heterocycles. The highest BCUT2D eigenvalue weighted by Gasteiger charge is 2.27. The van der Waals surface area contributed by atoms with E-state index in [4.69, 9.17) is 9.15 Å². The van der Waals surface area contributed by atoms with Gasteiger partial charge in [0.05, 0.1) is 18.4 Å². The third-order valence-corrected chi connectivity index (χ3v) is 5.36. The Kier molecular flexibility index (Phi) is 9.10. The van der Waals surface area contributed by atoms with Gasteiger partial charge in [0.2, 0.25) is 5.89 Å². The Hall–Kier alpha value is -4.08. The molecule has 1 N–H and O–H groups in total. The van der Waals surface area contributed by atoms with Crippen molar-refractivity contribution in [3.05, 3.63) is 82.8 Å². The van der Waals surface area contributed by atoms with Gasteiger partial charge in [-0.3, -0.25) is 4.79 Å². The first-order valence-electron chi connectivity index (χ1n) is 12.1. The van der Waals surface area contributed by atoms with Gasteiger partial charge in [-0.05, 0) is 42.7 Å². The van der Waals surface area contributed by atoms with Crippen molar-refractivity contribution >= 4 is 22.9 Å². The number of esters is 1. The molecule has 0 unspecified atom stereocenters. The zero-order chi connectivity index (χ0) is 27.1. The fraction of sp³-hybridized carbons (Fsp3) is 0.333. The van der Waals surface area contributed by atoms with Crippen molar-refractivity contribution in [2.24, 2.45) is 0 Å². The number of carbonyl (C=O) groups is 2. The number of oxazole rings is 1. The largest absolute Gasteiger partial charge is 0.461 e. The molecule has 4 aromatic rings. The SMILES string of the molecule is CC.CCOC(=O)c1ccc2c(C(=O)NCc3cc(F)cc(F)c3)c(C(C)C)n(Cc3ncco3)c2n1. The number of nitrogens with one attached hydrogen (secondary N) is 1. The molecule has 8 nitrogen and oxygen atoms in total. The summed E-state index contributed by atoms with van der Waals surface area (Å²) in [5.74, 6) is -2.21. The number of fused-ring (bicyclic) bond motifs is 1. The van der Waals surface area contributed by atoms with Crippen LogP contribution in [0, 0.1) is 11.6 Å². The molecular weight excluding hydrogens is 482 g/mol. The molecule has 0 saturated carbocycles. The number of carbonyl (C=O) groups excluding carboxylic acids is 2. The van der Waals surface area contributed by atoms with Crippen molar-refractivity contribution in [2.75, 3.05) is 6.61 Å². The summed E-state index contributed by atoms with van der Waals surface area (Å²) < 4.78 is 39.4. The lowest BCUT2D eigenvalue weighted by Crippen LogP contribution is -2.24. The average molecular weight is 513 g/mol. The van der Waals surface area contributed by atoms with Gasteiger partial charge < -0.3 is 19.0 Å². The fourth-order valence-electron chi connectivity index (χ4n) is 4.00. The molecule has 3 aromatic heterocycles. The van der Waals surface area contributed by atoms with Gasteiger partial charge in [0.15, 0.2) is 5.69 Å². The second-order valence-electron chi connectivity index (χ2n) is 8.18. The topological polar surface area (TPSA) is 99.2 Å². The first kappa shape index (κ1) is 27.5. The number of amides is 1. The number of halogens is 2. The van der Waals surface area contributed by atoms with E-state index in [1.54, 1.807) is 17.6 Å². The van der Waals surface area contributed by atoms with Crippen LogP contribution in [0.25, 0.3) is 11.0 Å². The standard InChI is InChI=1S/C25H24F2N4O4.C2H6/c1-4-34-25(33)19-6-5-18-21(24(32)29-12-15-9-16(26)11-17(27)10-15)22(14(2)3)31(23(18)30-19)13-20-28-7-8-35-20;1-2/h5-11,14H,4,12-13H2,1-3H3,(H,29,32);1-2H3. The predicted octanol–water partition coefficient (Wildman–Crippen LogP) is 5.61. The van der Waals surface area contributed by atoms with Crippen LogP contribution in [0.15, 0.2) is 47.2 Å². The summed E-state index contributed by atoms with van der Waals surface area (Å²) >= 11 is 0. The van der Waals surface area contributed by atoms with Crippen molar-refractivity contribution in [1.29, 1.82) is 0 Å². The van der Waals surface area contributed by atoms with E-state index in [1.165, 1.54) is 18.5 Å². The molecule has 0 atom stereocenters. The smallest absolute Gasteiger partial charge is 0.356 e. The van der Waals surface area contributed by atoms with E-state index in [0.717, 1.165) is 18.2 Å². The number of hydrogen-bond acceptors (Lipinski definition) is 6. The molecule has 1 aromatic carbocycles. The zero-order valence-corrected chi connectivity index (χ0v) is 21.5. The highest BCUT2D eigenvalue weighted by atomic mass is 19.1. The Bertz CT molecular complexity index is 1360. The molecule has 0 fully saturated rings. The highest BCUT2D eigenvalue weighted by molar-refractivity contribution is 6.08. The first-order valence-corrected chi connectivity index (χ1v) is 12.1. The van der Waals surface area contributed by atoms with Crippen LogP contribution in [0.2, 0.25) is 0 Å². The van der Waals surface area contributed by atoms with Gasteiger partial charge in [-0.1, -0.05) is 27.7 Å². The van der Waals surface area contributed by atoms with Crippen LogP contribution in [-0.2, 0) is 17.8 Å². The molecule has 0 spiro atoms. The molecule has 0 radical (unpaired) electrons. The minimum atomic E-state index is -0.727. The van der Waals surface area contributed by atoms with Crippen molar-refractivity contribution in [3.63, 3.8) is 0 Å². The summed E-state index contributed by atoms with van der Waals surface area (Å²) in [7, 11) is 0. The number of ether oxygens (including phenoxy) is 1. The van der Waals surface area contributed by atoms with E-state index in [2.05, 4.69) is 15.3 Å². The molecule has 37 heavy (non-hydrogen) atoms. The summed E-state index contributed by atoms with van der Waals surface area (Å²) in [5.41, 5.74) is 1.77. The predicted molar refractivity (Wildman–Crippen MR) is 134 cm³/mol. The van der Waals surface area contributed by atoms with Crippen molar-refractivity contribution in [3.8, 4) is 0 Å². The molecule has 1 amide bonds. The van der Waals surface area contributed by atoms with Gasteiger partial charge in [0.25, 0.3) is 5.91 Å². The van der Waals surface area contributed by atoms with E-state index in [-0.39, 0.29) is 36.9 Å². The lowest BCUT2D eigenvalue weighted by Gasteiger charge is -2.14. The maximum atomic E-state index is 13.6. The number of nitrogens with zero attached hydrogens (tertiary/aromatic N) is 3. The van der Waals surface area contributed by atoms with Gasteiger partial charge in [-0.15, -0.1) is 0 Å². The minimum absolute atomic E-state index is 0.0776. The second kappa shape index (κ2) is 12.2. The maximum Gasteiger partial charge on any atom is 0.356 e. The molecule has 0 bridgehead atoms. The van der Waals surface area contributed by atoms with E-state index in [0.29, 0.717) is 28.2 Å². The monoisotopic (exact) mass is 512 g/mol. The quantitative estimate of drug-likeness (QED) is 0.308. The van der Waals surface area contributed by atoms with Gasteiger partial charge in [0.1, 0.15) is 30.1 Å². The Morgan fingerprint density at radius 1 is 1.14 bits per heavy atom. The maximum absolute atomic E-state index is 13.6. The molecule has 4 rings (SSSR count). The van der Waals surface area contributed by atoms with Gasteiger partial charge in [-0.2, -0.15) is 0 Å². The number of aromatic nitrogens is 3. The Balaban J connectivity index is 0.00000186. The Morgan fingerprint density at radius 3 is 2.43 bits per heavy atom. The van der Waals surface area contributed by atoms with Crippen molar-refractivity contribution in [1.82, 2.24) is 19.9 Å². The third kappa shape index (κ3) is 6.19. The molecule has 0 saturated heterocycles. The molecule has 0 aliphatic carbocycles. The van der Waals surface area contributed by atoms with E-state index < -0.39 is 23.5 Å². The van der Waals surface area contributed by atoms with Crippen LogP contribution in [0.1, 0.15) is 78.5 Å². The van der Waals surface area contributed by atoms with Crippen molar-refractivity contribution < 1.29 is 27.5 Å².